The van der Waals surface area contributed by atoms with E-state index in [4.69, 9.17) is 4.74 Å². The molecular weight excluding hydrogens is 164 g/mol. The molecule has 3 nitrogen and oxygen atoms in total. The zero-order chi connectivity index (χ0) is 9.47. The molecule has 2 heterocycles. The smallest absolute Gasteiger partial charge is 0.215 e. The maximum atomic E-state index is 5.62. The van der Waals surface area contributed by atoms with Crippen molar-refractivity contribution in [3.63, 3.8) is 0 Å². The van der Waals surface area contributed by atoms with Gasteiger partial charge in [0.1, 0.15) is 0 Å². The van der Waals surface area contributed by atoms with Gasteiger partial charge in [-0.2, -0.15) is 5.10 Å². The number of ether oxygens (including phenoxy) is 1. The molecule has 0 atom stereocenters. The first kappa shape index (κ1) is 8.60. The Morgan fingerprint density at radius 2 is 2.23 bits per heavy atom. The van der Waals surface area contributed by atoms with Crippen LogP contribution in [0.4, 0.5) is 0 Å². The summed E-state index contributed by atoms with van der Waals surface area (Å²) in [5.74, 6) is 0.971. The molecule has 1 aromatic heterocycles. The lowest BCUT2D eigenvalue weighted by Gasteiger charge is -2.22. The Labute approximate surface area is 78.7 Å². The van der Waals surface area contributed by atoms with E-state index >= 15 is 0 Å². The van der Waals surface area contributed by atoms with Crippen LogP contribution in [0.5, 0.6) is 5.88 Å². The van der Waals surface area contributed by atoms with Gasteiger partial charge < -0.3 is 4.74 Å². The number of hydrogen-bond acceptors (Lipinski definition) is 2. The van der Waals surface area contributed by atoms with Crippen molar-refractivity contribution >= 4 is 0 Å². The van der Waals surface area contributed by atoms with Crippen molar-refractivity contribution < 1.29 is 4.74 Å². The topological polar surface area (TPSA) is 27.1 Å². The number of nitrogens with zero attached hydrogens (tertiary/aromatic N) is 2. The van der Waals surface area contributed by atoms with Crippen LogP contribution in [0.1, 0.15) is 32.8 Å². The maximum absolute atomic E-state index is 5.62. The highest BCUT2D eigenvalue weighted by molar-refractivity contribution is 5.31. The van der Waals surface area contributed by atoms with Gasteiger partial charge in [-0.25, -0.2) is 4.68 Å². The van der Waals surface area contributed by atoms with Crippen molar-refractivity contribution in [2.24, 2.45) is 0 Å². The van der Waals surface area contributed by atoms with Crippen molar-refractivity contribution in [2.45, 2.75) is 39.2 Å². The first-order chi connectivity index (χ1) is 6.09. The summed E-state index contributed by atoms with van der Waals surface area (Å²) in [5, 5.41) is 4.31. The number of aryl methyl sites for hydroxylation is 1. The third kappa shape index (κ3) is 1.43. The lowest BCUT2D eigenvalue weighted by atomic mass is 9.89. The molecule has 1 aromatic rings. The van der Waals surface area contributed by atoms with Crippen LogP contribution in [-0.4, -0.2) is 16.4 Å². The molecule has 0 aromatic carbocycles. The molecule has 0 saturated heterocycles. The Morgan fingerprint density at radius 1 is 1.46 bits per heavy atom. The molecule has 0 aliphatic carbocycles. The Balaban J connectivity index is 2.43. The Morgan fingerprint density at radius 3 is 2.92 bits per heavy atom. The van der Waals surface area contributed by atoms with Gasteiger partial charge in [-0.05, 0) is 5.41 Å². The van der Waals surface area contributed by atoms with Crippen LogP contribution in [-0.2, 0) is 12.0 Å². The zero-order valence-corrected chi connectivity index (χ0v) is 8.50. The molecular formula is C10H16N2O. The lowest BCUT2D eigenvalue weighted by molar-refractivity contribution is 0.225. The molecule has 0 amide bonds. The monoisotopic (exact) mass is 180 g/mol. The van der Waals surface area contributed by atoms with E-state index in [0.717, 1.165) is 25.5 Å². The van der Waals surface area contributed by atoms with Gasteiger partial charge in [-0.1, -0.05) is 20.8 Å². The average molecular weight is 180 g/mol. The summed E-state index contributed by atoms with van der Waals surface area (Å²) in [6.07, 6.45) is 3.00. The summed E-state index contributed by atoms with van der Waals surface area (Å²) < 4.78 is 7.58. The second-order valence-corrected chi connectivity index (χ2v) is 4.54. The normalized spacial score (nSPS) is 16.5. The van der Waals surface area contributed by atoms with Crippen LogP contribution < -0.4 is 4.74 Å². The van der Waals surface area contributed by atoms with Gasteiger partial charge in [0.25, 0.3) is 0 Å². The summed E-state index contributed by atoms with van der Waals surface area (Å²) in [6.45, 7) is 8.37. The third-order valence-corrected chi connectivity index (χ3v) is 2.35. The molecule has 3 heteroatoms. The van der Waals surface area contributed by atoms with Crippen LogP contribution in [0.3, 0.4) is 0 Å². The lowest BCUT2D eigenvalue weighted by Crippen LogP contribution is -2.18. The number of hydrogen-bond donors (Lipinski definition) is 0. The van der Waals surface area contributed by atoms with Gasteiger partial charge in [-0.15, -0.1) is 0 Å². The first-order valence-electron chi connectivity index (χ1n) is 4.78. The van der Waals surface area contributed by atoms with Gasteiger partial charge in [-0.3, -0.25) is 0 Å². The van der Waals surface area contributed by atoms with Crippen molar-refractivity contribution in [1.82, 2.24) is 9.78 Å². The van der Waals surface area contributed by atoms with Crippen molar-refractivity contribution in [3.05, 3.63) is 11.8 Å². The largest absolute Gasteiger partial charge is 0.478 e. The molecule has 1 aliphatic rings. The molecule has 0 unspecified atom stereocenters. The van der Waals surface area contributed by atoms with E-state index in [1.54, 1.807) is 0 Å². The van der Waals surface area contributed by atoms with Crippen LogP contribution in [0.2, 0.25) is 0 Å². The summed E-state index contributed by atoms with van der Waals surface area (Å²) in [7, 11) is 0. The first-order valence-corrected chi connectivity index (χ1v) is 4.78. The van der Waals surface area contributed by atoms with Crippen molar-refractivity contribution in [1.29, 1.82) is 0 Å². The quantitative estimate of drug-likeness (QED) is 0.610. The summed E-state index contributed by atoms with van der Waals surface area (Å²) in [6, 6.07) is 0. The Bertz CT molecular complexity index is 309. The number of fused-ring (bicyclic) bond motifs is 1. The molecule has 0 fully saturated rings. The predicted octanol–water partition coefficient (Wildman–Crippen LogP) is 1.96. The van der Waals surface area contributed by atoms with E-state index in [1.165, 1.54) is 5.56 Å². The standard InChI is InChI=1S/C10H16N2O/c1-10(2,3)8-7-11-12-5-4-6-13-9(8)12/h7H,4-6H2,1-3H3. The average Bonchev–Trinajstić information content (AvgIpc) is 2.45. The highest BCUT2D eigenvalue weighted by atomic mass is 16.5. The summed E-state index contributed by atoms with van der Waals surface area (Å²) >= 11 is 0. The van der Waals surface area contributed by atoms with Gasteiger partial charge in [0.05, 0.1) is 12.8 Å². The number of rotatable bonds is 0. The molecule has 0 bridgehead atoms. The van der Waals surface area contributed by atoms with Crippen LogP contribution in [0.15, 0.2) is 6.20 Å². The second-order valence-electron chi connectivity index (χ2n) is 4.54. The molecule has 13 heavy (non-hydrogen) atoms. The highest BCUT2D eigenvalue weighted by Crippen LogP contribution is 2.32. The molecule has 0 spiro atoms. The van der Waals surface area contributed by atoms with Gasteiger partial charge >= 0.3 is 0 Å². The van der Waals surface area contributed by atoms with E-state index < -0.39 is 0 Å². The van der Waals surface area contributed by atoms with Gasteiger partial charge in [0.15, 0.2) is 0 Å². The van der Waals surface area contributed by atoms with Gasteiger partial charge in [0.2, 0.25) is 5.88 Å². The third-order valence-electron chi connectivity index (χ3n) is 2.35. The summed E-state index contributed by atoms with van der Waals surface area (Å²) in [5.41, 5.74) is 1.34. The molecule has 0 radical (unpaired) electrons. The van der Waals surface area contributed by atoms with Crippen molar-refractivity contribution in [2.75, 3.05) is 6.61 Å². The minimum atomic E-state index is 0.130. The molecule has 2 rings (SSSR count). The van der Waals surface area contributed by atoms with E-state index in [0.29, 0.717) is 0 Å². The fraction of sp³-hybridized carbons (Fsp3) is 0.700. The van der Waals surface area contributed by atoms with E-state index in [2.05, 4.69) is 25.9 Å². The fourth-order valence-electron chi connectivity index (χ4n) is 1.58. The zero-order valence-electron chi connectivity index (χ0n) is 8.50. The van der Waals surface area contributed by atoms with Crippen molar-refractivity contribution in [3.8, 4) is 5.88 Å². The van der Waals surface area contributed by atoms with E-state index in [-0.39, 0.29) is 5.41 Å². The van der Waals surface area contributed by atoms with Crippen LogP contribution >= 0.6 is 0 Å². The van der Waals surface area contributed by atoms with Crippen LogP contribution in [0.25, 0.3) is 0 Å². The molecule has 0 N–H and O–H groups in total. The van der Waals surface area contributed by atoms with Gasteiger partial charge in [0, 0.05) is 18.5 Å². The number of aromatic nitrogens is 2. The maximum Gasteiger partial charge on any atom is 0.215 e. The minimum Gasteiger partial charge on any atom is -0.478 e. The second kappa shape index (κ2) is 2.76. The Hall–Kier alpha value is -0.990. The van der Waals surface area contributed by atoms with Crippen LogP contribution in [0, 0.1) is 0 Å². The SMILES string of the molecule is CC(C)(C)c1cnn2c1OCCC2. The minimum absolute atomic E-state index is 0.130. The predicted molar refractivity (Wildman–Crippen MR) is 51.0 cm³/mol. The molecule has 0 saturated carbocycles. The highest BCUT2D eigenvalue weighted by Gasteiger charge is 2.25. The molecule has 72 valence electrons. The molecule has 1 aliphatic heterocycles. The van der Waals surface area contributed by atoms with E-state index in [9.17, 15) is 0 Å². The summed E-state index contributed by atoms with van der Waals surface area (Å²) in [4.78, 5) is 0. The van der Waals surface area contributed by atoms with E-state index in [1.807, 2.05) is 10.9 Å². The fourth-order valence-corrected chi connectivity index (χ4v) is 1.58. The Kier molecular flexibility index (Phi) is 1.82.